The van der Waals surface area contributed by atoms with Crippen molar-refractivity contribution in [2.45, 2.75) is 32.5 Å². The van der Waals surface area contributed by atoms with Crippen molar-refractivity contribution in [2.24, 2.45) is 0 Å². The summed E-state index contributed by atoms with van der Waals surface area (Å²) in [7, 11) is 0. The van der Waals surface area contributed by atoms with Crippen LogP contribution in [0.2, 0.25) is 0 Å². The fraction of sp³-hybridized carbons (Fsp3) is 0.350. The predicted octanol–water partition coefficient (Wildman–Crippen LogP) is 2.39. The molecule has 2 aliphatic heterocycles. The van der Waals surface area contributed by atoms with Crippen LogP contribution in [0.3, 0.4) is 0 Å². The predicted molar refractivity (Wildman–Crippen MR) is 105 cm³/mol. The highest BCUT2D eigenvalue weighted by molar-refractivity contribution is 5.75. The zero-order valence-corrected chi connectivity index (χ0v) is 16.2. The molecule has 0 saturated heterocycles. The summed E-state index contributed by atoms with van der Waals surface area (Å²) in [4.78, 5) is 11.1. The molecule has 0 radical (unpaired) electrons. The van der Waals surface area contributed by atoms with Crippen molar-refractivity contribution in [2.75, 3.05) is 18.1 Å². The maximum Gasteiger partial charge on any atom is 0.218 e. The van der Waals surface area contributed by atoms with Gasteiger partial charge in [0.15, 0.2) is 17.2 Å². The smallest absolute Gasteiger partial charge is 0.218 e. The number of nitrogens with zero attached hydrogens (tertiary/aromatic N) is 5. The average Bonchev–Trinajstić information content (AvgIpc) is 3.11. The van der Waals surface area contributed by atoms with Crippen LogP contribution in [-0.4, -0.2) is 44.9 Å². The summed E-state index contributed by atoms with van der Waals surface area (Å²) in [6.07, 6.45) is 4.51. The van der Waals surface area contributed by atoms with Gasteiger partial charge in [0.1, 0.15) is 18.5 Å². The number of halogens is 1. The van der Waals surface area contributed by atoms with Gasteiger partial charge in [-0.15, -0.1) is 0 Å². The van der Waals surface area contributed by atoms with Crippen LogP contribution >= 0.6 is 0 Å². The molecule has 9 heteroatoms. The van der Waals surface area contributed by atoms with Crippen molar-refractivity contribution in [1.29, 1.82) is 0 Å². The molecule has 150 valence electrons. The van der Waals surface area contributed by atoms with Crippen molar-refractivity contribution in [3.05, 3.63) is 48.2 Å². The van der Waals surface area contributed by atoms with E-state index in [1.54, 1.807) is 10.7 Å². The molecule has 3 aromatic heterocycles. The largest absolute Gasteiger partial charge is 0.486 e. The van der Waals surface area contributed by atoms with E-state index >= 15 is 0 Å². The van der Waals surface area contributed by atoms with E-state index < -0.39 is 5.82 Å². The second-order valence-corrected chi connectivity index (χ2v) is 7.45. The minimum atomic E-state index is -0.404. The number of aromatic nitrogens is 4. The second kappa shape index (κ2) is 6.61. The maximum absolute atomic E-state index is 14.0. The second-order valence-electron chi connectivity index (χ2n) is 7.45. The molecule has 5 heterocycles. The van der Waals surface area contributed by atoms with Crippen LogP contribution in [0.25, 0.3) is 11.3 Å². The van der Waals surface area contributed by atoms with Crippen molar-refractivity contribution in [3.63, 3.8) is 0 Å². The minimum Gasteiger partial charge on any atom is -0.486 e. The molecule has 29 heavy (non-hydrogen) atoms. The Bertz CT molecular complexity index is 1110. The number of rotatable bonds is 0. The van der Waals surface area contributed by atoms with Gasteiger partial charge in [-0.25, -0.2) is 18.9 Å². The van der Waals surface area contributed by atoms with E-state index in [4.69, 9.17) is 14.5 Å². The molecule has 2 bridgehead atoms. The average molecular weight is 396 g/mol. The zero-order valence-electron chi connectivity index (χ0n) is 16.2. The molecule has 0 unspecified atom stereocenters. The molecule has 3 aromatic rings. The monoisotopic (exact) mass is 396 g/mol. The van der Waals surface area contributed by atoms with Gasteiger partial charge < -0.3 is 19.7 Å². The molecule has 1 N–H and O–H groups in total. The number of pyridine rings is 1. The lowest BCUT2D eigenvalue weighted by Crippen LogP contribution is -2.41. The molecule has 5 rings (SSSR count). The molecule has 2 aliphatic rings. The van der Waals surface area contributed by atoms with Gasteiger partial charge in [-0.3, -0.25) is 0 Å². The molecule has 0 aliphatic carbocycles. The number of ether oxygens (including phenoxy) is 2. The zero-order chi connectivity index (χ0) is 20.1. The normalized spacial score (nSPS) is 21.3. The molecule has 0 fully saturated rings. The number of hydrogen-bond acceptors (Lipinski definition) is 7. The SMILES string of the molecule is C=C1NC[C@H](C)Oc2ncc(F)cc2CN2c3nc4c1cnn4cc3OC[C@H]2C. The fourth-order valence-electron chi connectivity index (χ4n) is 3.61. The topological polar surface area (TPSA) is 76.8 Å². The molecular weight excluding hydrogens is 375 g/mol. The van der Waals surface area contributed by atoms with Crippen LogP contribution in [0.5, 0.6) is 11.6 Å². The third-order valence-electron chi connectivity index (χ3n) is 5.20. The van der Waals surface area contributed by atoms with E-state index in [1.807, 2.05) is 20.0 Å². The molecule has 8 nitrogen and oxygen atoms in total. The Balaban J connectivity index is 1.70. The first kappa shape index (κ1) is 17.7. The highest BCUT2D eigenvalue weighted by atomic mass is 19.1. The van der Waals surface area contributed by atoms with Crippen LogP contribution in [-0.2, 0) is 6.54 Å². The van der Waals surface area contributed by atoms with E-state index in [0.29, 0.717) is 54.1 Å². The Hall–Kier alpha value is -3.36. The molecule has 0 spiro atoms. The lowest BCUT2D eigenvalue weighted by atomic mass is 10.2. The summed E-state index contributed by atoms with van der Waals surface area (Å²) in [6, 6.07) is 1.50. The van der Waals surface area contributed by atoms with Gasteiger partial charge in [0.25, 0.3) is 0 Å². The standard InChI is InChI=1S/C20H21FN6O2/c1-11-10-28-17-9-27-18-16(7-24-27)13(3)22-5-12(2)29-20-14(4-15(21)6-23-20)8-26(11)19(17)25-18/h4,6-7,9,11-12,22H,3,5,8,10H2,1-2H3/t11-,12+/m1/s1. The summed E-state index contributed by atoms with van der Waals surface area (Å²) in [5.74, 6) is 1.31. The first-order valence-electron chi connectivity index (χ1n) is 9.51. The Labute approximate surface area is 167 Å². The summed E-state index contributed by atoms with van der Waals surface area (Å²) in [5, 5.41) is 7.66. The van der Waals surface area contributed by atoms with Gasteiger partial charge in [-0.05, 0) is 19.9 Å². The van der Waals surface area contributed by atoms with Crippen LogP contribution in [0.15, 0.2) is 31.2 Å². The highest BCUT2D eigenvalue weighted by Gasteiger charge is 2.29. The minimum absolute atomic E-state index is 0.0313. The Kier molecular flexibility index (Phi) is 4.04. The Morgan fingerprint density at radius 3 is 3.03 bits per heavy atom. The lowest BCUT2D eigenvalue weighted by Gasteiger charge is -2.35. The van der Waals surface area contributed by atoms with E-state index in [2.05, 4.69) is 26.9 Å². The van der Waals surface area contributed by atoms with Crippen molar-refractivity contribution < 1.29 is 13.9 Å². The van der Waals surface area contributed by atoms with Crippen LogP contribution < -0.4 is 19.7 Å². The lowest BCUT2D eigenvalue weighted by molar-refractivity contribution is 0.210. The van der Waals surface area contributed by atoms with E-state index in [1.165, 1.54) is 12.3 Å². The van der Waals surface area contributed by atoms with Gasteiger partial charge in [-0.1, -0.05) is 6.58 Å². The van der Waals surface area contributed by atoms with Crippen LogP contribution in [0, 0.1) is 5.82 Å². The quantitative estimate of drug-likeness (QED) is 0.625. The van der Waals surface area contributed by atoms with Crippen molar-refractivity contribution in [3.8, 4) is 11.6 Å². The van der Waals surface area contributed by atoms with Crippen molar-refractivity contribution in [1.82, 2.24) is 24.9 Å². The molecule has 0 amide bonds. The third-order valence-corrected chi connectivity index (χ3v) is 5.20. The van der Waals surface area contributed by atoms with E-state index in [0.717, 1.165) is 5.56 Å². The fourth-order valence-corrected chi connectivity index (χ4v) is 3.61. The van der Waals surface area contributed by atoms with Gasteiger partial charge in [0.2, 0.25) is 5.88 Å². The first-order chi connectivity index (χ1) is 14.0. The van der Waals surface area contributed by atoms with E-state index in [-0.39, 0.29) is 12.1 Å². The third kappa shape index (κ3) is 3.02. The van der Waals surface area contributed by atoms with Crippen molar-refractivity contribution >= 4 is 17.2 Å². The van der Waals surface area contributed by atoms with Crippen LogP contribution in [0.4, 0.5) is 10.2 Å². The van der Waals surface area contributed by atoms with Crippen LogP contribution in [0.1, 0.15) is 25.0 Å². The molecular formula is C20H21FN6O2. The Morgan fingerprint density at radius 1 is 1.31 bits per heavy atom. The summed E-state index contributed by atoms with van der Waals surface area (Å²) in [6.45, 7) is 9.48. The first-order valence-corrected chi connectivity index (χ1v) is 9.51. The Morgan fingerprint density at radius 2 is 2.17 bits per heavy atom. The molecule has 2 atom stereocenters. The summed E-state index contributed by atoms with van der Waals surface area (Å²) >= 11 is 0. The molecule has 0 aromatic carbocycles. The van der Waals surface area contributed by atoms with Gasteiger partial charge in [0, 0.05) is 11.3 Å². The number of anilines is 1. The summed E-state index contributed by atoms with van der Waals surface area (Å²) in [5.41, 5.74) is 2.84. The van der Waals surface area contributed by atoms with Gasteiger partial charge >= 0.3 is 0 Å². The van der Waals surface area contributed by atoms with Gasteiger partial charge in [-0.2, -0.15) is 5.10 Å². The van der Waals surface area contributed by atoms with E-state index in [9.17, 15) is 4.39 Å². The maximum atomic E-state index is 14.0. The highest BCUT2D eigenvalue weighted by Crippen LogP contribution is 2.35. The number of nitrogens with one attached hydrogen (secondary N) is 1. The summed E-state index contributed by atoms with van der Waals surface area (Å²) < 4.78 is 27.6. The van der Waals surface area contributed by atoms with Gasteiger partial charge in [0.05, 0.1) is 43.3 Å². The number of hydrogen-bond donors (Lipinski definition) is 1. The number of fused-ring (bicyclic) bond motifs is 1. The molecule has 0 saturated carbocycles.